The number of anilines is 1. The summed E-state index contributed by atoms with van der Waals surface area (Å²) in [6.45, 7) is 6.90. The number of hydrogen-bond donors (Lipinski definition) is 1. The third-order valence-electron chi connectivity index (χ3n) is 3.80. The Hall–Kier alpha value is -1.32. The molecule has 1 saturated carbocycles. The highest BCUT2D eigenvalue weighted by atomic mass is 16.5. The second-order valence-corrected chi connectivity index (χ2v) is 5.47. The monoisotopic (exact) mass is 263 g/mol. The first kappa shape index (κ1) is 14.1. The maximum atomic E-state index is 5.48. The summed E-state index contributed by atoms with van der Waals surface area (Å²) in [6.07, 6.45) is 6.50. The van der Waals surface area contributed by atoms with Crippen LogP contribution >= 0.6 is 0 Å². The van der Waals surface area contributed by atoms with Crippen molar-refractivity contribution in [1.82, 2.24) is 9.97 Å². The highest BCUT2D eigenvalue weighted by molar-refractivity contribution is 5.32. The minimum Gasteiger partial charge on any atom is -0.478 e. The van der Waals surface area contributed by atoms with Gasteiger partial charge in [-0.15, -0.1) is 0 Å². The van der Waals surface area contributed by atoms with Crippen molar-refractivity contribution in [1.29, 1.82) is 0 Å². The Kier molecular flexibility index (Phi) is 5.00. The van der Waals surface area contributed by atoms with Crippen LogP contribution in [-0.2, 0) is 0 Å². The fourth-order valence-corrected chi connectivity index (χ4v) is 2.70. The normalized spacial score (nSPS) is 23.7. The number of ether oxygens (including phenoxy) is 1. The summed E-state index contributed by atoms with van der Waals surface area (Å²) in [5.74, 6) is 2.06. The van der Waals surface area contributed by atoms with Crippen LogP contribution in [0.15, 0.2) is 6.07 Å². The lowest BCUT2D eigenvalue weighted by atomic mass is 9.97. The molecule has 0 aliphatic heterocycles. The van der Waals surface area contributed by atoms with Crippen molar-refractivity contribution >= 4 is 5.95 Å². The second-order valence-electron chi connectivity index (χ2n) is 5.47. The molecule has 2 rings (SSSR count). The SMILES string of the molecule is CCOc1cc(C)nc(NC2CCCCCC2C)n1. The van der Waals surface area contributed by atoms with Gasteiger partial charge in [0.15, 0.2) is 0 Å². The standard InChI is InChI=1S/C15H25N3O/c1-4-19-14-10-12(3)16-15(18-14)17-13-9-7-5-6-8-11(13)2/h10-11,13H,4-9H2,1-3H3,(H,16,17,18). The van der Waals surface area contributed by atoms with Gasteiger partial charge in [0.05, 0.1) is 6.61 Å². The maximum absolute atomic E-state index is 5.48. The van der Waals surface area contributed by atoms with Gasteiger partial charge in [-0.3, -0.25) is 0 Å². The van der Waals surface area contributed by atoms with Crippen LogP contribution in [-0.4, -0.2) is 22.6 Å². The Morgan fingerprint density at radius 1 is 1.26 bits per heavy atom. The van der Waals surface area contributed by atoms with Gasteiger partial charge in [-0.1, -0.05) is 26.2 Å². The summed E-state index contributed by atoms with van der Waals surface area (Å²) in [5.41, 5.74) is 0.947. The van der Waals surface area contributed by atoms with E-state index in [4.69, 9.17) is 4.74 Å². The first-order valence-corrected chi connectivity index (χ1v) is 7.44. The van der Waals surface area contributed by atoms with E-state index >= 15 is 0 Å². The second kappa shape index (κ2) is 6.73. The zero-order valence-corrected chi connectivity index (χ0v) is 12.3. The van der Waals surface area contributed by atoms with Gasteiger partial charge in [-0.05, 0) is 32.6 Å². The van der Waals surface area contributed by atoms with Gasteiger partial charge in [0.25, 0.3) is 0 Å². The molecule has 106 valence electrons. The molecule has 1 N–H and O–H groups in total. The quantitative estimate of drug-likeness (QED) is 0.844. The van der Waals surface area contributed by atoms with Crippen molar-refractivity contribution in [2.24, 2.45) is 5.92 Å². The van der Waals surface area contributed by atoms with Gasteiger partial charge < -0.3 is 10.1 Å². The van der Waals surface area contributed by atoms with Crippen LogP contribution in [0.5, 0.6) is 5.88 Å². The lowest BCUT2D eigenvalue weighted by molar-refractivity contribution is 0.326. The van der Waals surface area contributed by atoms with E-state index in [-0.39, 0.29) is 0 Å². The van der Waals surface area contributed by atoms with Crippen LogP contribution in [0.25, 0.3) is 0 Å². The Morgan fingerprint density at radius 3 is 2.84 bits per heavy atom. The summed E-state index contributed by atoms with van der Waals surface area (Å²) in [6, 6.07) is 2.37. The molecule has 2 unspecified atom stereocenters. The summed E-state index contributed by atoms with van der Waals surface area (Å²) in [7, 11) is 0. The summed E-state index contributed by atoms with van der Waals surface area (Å²) in [5, 5.41) is 3.51. The van der Waals surface area contributed by atoms with Crippen LogP contribution in [0.1, 0.15) is 51.6 Å². The maximum Gasteiger partial charge on any atom is 0.226 e. The fraction of sp³-hybridized carbons (Fsp3) is 0.733. The van der Waals surface area contributed by atoms with Crippen LogP contribution in [0, 0.1) is 12.8 Å². The van der Waals surface area contributed by atoms with Crippen molar-refractivity contribution < 1.29 is 4.74 Å². The Bertz CT molecular complexity index is 408. The molecular formula is C15H25N3O. The molecule has 0 aromatic carbocycles. The van der Waals surface area contributed by atoms with Crippen molar-refractivity contribution in [3.05, 3.63) is 11.8 Å². The molecule has 0 saturated heterocycles. The molecule has 0 radical (unpaired) electrons. The van der Waals surface area contributed by atoms with Gasteiger partial charge in [0.2, 0.25) is 11.8 Å². The number of hydrogen-bond acceptors (Lipinski definition) is 4. The average Bonchev–Trinajstić information content (AvgIpc) is 2.55. The predicted molar refractivity (Wildman–Crippen MR) is 77.6 cm³/mol. The number of aryl methyl sites for hydroxylation is 1. The number of nitrogens with zero attached hydrogens (tertiary/aromatic N) is 2. The number of nitrogens with one attached hydrogen (secondary N) is 1. The molecule has 1 fully saturated rings. The molecule has 4 nitrogen and oxygen atoms in total. The molecule has 1 heterocycles. The first-order chi connectivity index (χ1) is 9.19. The highest BCUT2D eigenvalue weighted by Gasteiger charge is 2.20. The minimum absolute atomic E-state index is 0.485. The summed E-state index contributed by atoms with van der Waals surface area (Å²) in [4.78, 5) is 8.91. The van der Waals surface area contributed by atoms with Gasteiger partial charge in [-0.25, -0.2) is 4.98 Å². The first-order valence-electron chi connectivity index (χ1n) is 7.44. The smallest absolute Gasteiger partial charge is 0.226 e. The minimum atomic E-state index is 0.485. The Balaban J connectivity index is 2.08. The van der Waals surface area contributed by atoms with Crippen LogP contribution in [0.2, 0.25) is 0 Å². The molecule has 19 heavy (non-hydrogen) atoms. The highest BCUT2D eigenvalue weighted by Crippen LogP contribution is 2.25. The molecule has 1 aromatic heterocycles. The predicted octanol–water partition coefficient (Wildman–Crippen LogP) is 3.56. The lowest BCUT2D eigenvalue weighted by Gasteiger charge is -2.23. The molecule has 2 atom stereocenters. The van der Waals surface area contributed by atoms with Crippen LogP contribution in [0.3, 0.4) is 0 Å². The summed E-state index contributed by atoms with van der Waals surface area (Å²) >= 11 is 0. The van der Waals surface area contributed by atoms with Gasteiger partial charge in [-0.2, -0.15) is 4.98 Å². The van der Waals surface area contributed by atoms with E-state index in [2.05, 4.69) is 22.2 Å². The molecule has 0 amide bonds. The molecule has 1 aliphatic rings. The van der Waals surface area contributed by atoms with E-state index in [1.165, 1.54) is 32.1 Å². The molecular weight excluding hydrogens is 238 g/mol. The van der Waals surface area contributed by atoms with Crippen molar-refractivity contribution in [3.8, 4) is 5.88 Å². The Labute approximate surface area is 116 Å². The van der Waals surface area contributed by atoms with E-state index in [1.807, 2.05) is 19.9 Å². The topological polar surface area (TPSA) is 47.0 Å². The average molecular weight is 263 g/mol. The van der Waals surface area contributed by atoms with Gasteiger partial charge >= 0.3 is 0 Å². The molecule has 1 aliphatic carbocycles. The summed E-state index contributed by atoms with van der Waals surface area (Å²) < 4.78 is 5.48. The molecule has 0 bridgehead atoms. The van der Waals surface area contributed by atoms with Gasteiger partial charge in [0, 0.05) is 17.8 Å². The van der Waals surface area contributed by atoms with E-state index in [1.54, 1.807) is 0 Å². The van der Waals surface area contributed by atoms with E-state index < -0.39 is 0 Å². The molecule has 0 spiro atoms. The lowest BCUT2D eigenvalue weighted by Crippen LogP contribution is -2.27. The van der Waals surface area contributed by atoms with E-state index in [0.717, 1.165) is 5.69 Å². The fourth-order valence-electron chi connectivity index (χ4n) is 2.70. The Morgan fingerprint density at radius 2 is 2.05 bits per heavy atom. The zero-order chi connectivity index (χ0) is 13.7. The number of aromatic nitrogens is 2. The largest absolute Gasteiger partial charge is 0.478 e. The van der Waals surface area contributed by atoms with Crippen molar-refractivity contribution in [3.63, 3.8) is 0 Å². The third-order valence-corrected chi connectivity index (χ3v) is 3.80. The van der Waals surface area contributed by atoms with Gasteiger partial charge in [0.1, 0.15) is 0 Å². The number of rotatable bonds is 4. The molecule has 4 heteroatoms. The molecule has 1 aromatic rings. The van der Waals surface area contributed by atoms with E-state index in [0.29, 0.717) is 30.4 Å². The van der Waals surface area contributed by atoms with Crippen molar-refractivity contribution in [2.45, 2.75) is 58.9 Å². The zero-order valence-electron chi connectivity index (χ0n) is 12.3. The van der Waals surface area contributed by atoms with Crippen LogP contribution in [0.4, 0.5) is 5.95 Å². The van der Waals surface area contributed by atoms with Crippen LogP contribution < -0.4 is 10.1 Å². The van der Waals surface area contributed by atoms with Crippen molar-refractivity contribution in [2.75, 3.05) is 11.9 Å². The van der Waals surface area contributed by atoms with E-state index in [9.17, 15) is 0 Å². The third kappa shape index (κ3) is 4.08.